The minimum absolute atomic E-state index is 0.112. The summed E-state index contributed by atoms with van der Waals surface area (Å²) in [5, 5.41) is 10.5. The Morgan fingerprint density at radius 2 is 1.83 bits per heavy atom. The number of aromatic nitrogens is 5. The van der Waals surface area contributed by atoms with Crippen LogP contribution in [0, 0.1) is 11.2 Å². The van der Waals surface area contributed by atoms with E-state index in [1.54, 1.807) is 35.2 Å². The molecule has 2 N–H and O–H groups in total. The molecule has 3 amide bonds. The summed E-state index contributed by atoms with van der Waals surface area (Å²) in [6.45, 7) is 2.79. The highest BCUT2D eigenvalue weighted by atomic mass is 19.3. The van der Waals surface area contributed by atoms with E-state index in [9.17, 15) is 32.3 Å². The van der Waals surface area contributed by atoms with Crippen molar-refractivity contribution in [3.63, 3.8) is 0 Å². The number of benzene rings is 2. The topological polar surface area (TPSA) is 149 Å². The molecule has 0 bridgehead atoms. The van der Waals surface area contributed by atoms with Crippen LogP contribution in [-0.2, 0) is 16.6 Å². The van der Waals surface area contributed by atoms with Crippen molar-refractivity contribution in [1.29, 1.82) is 0 Å². The number of methoxy groups -OCH3 is 1. The van der Waals surface area contributed by atoms with Gasteiger partial charge in [-0.2, -0.15) is 5.10 Å². The Hall–Kier alpha value is -5.71. The number of carbonyl (C=O) groups excluding carboxylic acids is 3. The van der Waals surface area contributed by atoms with Gasteiger partial charge in [0, 0.05) is 56.4 Å². The van der Waals surface area contributed by atoms with Crippen LogP contribution in [0.25, 0.3) is 21.9 Å². The van der Waals surface area contributed by atoms with Gasteiger partial charge in [-0.05, 0) is 70.5 Å². The number of likely N-dealkylation sites (tertiary alicyclic amines) is 1. The molecule has 1 spiro atoms. The zero-order chi connectivity index (χ0) is 42.1. The van der Waals surface area contributed by atoms with Crippen LogP contribution in [-0.4, -0.2) is 93.3 Å². The molecular formula is C42H50F3N9O5. The van der Waals surface area contributed by atoms with Gasteiger partial charge in [-0.3, -0.25) is 38.5 Å². The highest BCUT2D eigenvalue weighted by Crippen LogP contribution is 2.51. The molecule has 2 saturated heterocycles. The highest BCUT2D eigenvalue weighted by Gasteiger charge is 2.62. The van der Waals surface area contributed by atoms with Gasteiger partial charge in [0.05, 0.1) is 64.8 Å². The molecule has 1 unspecified atom stereocenters. The maximum absolute atomic E-state index is 14.8. The number of nitrogens with one attached hydrogen (secondary N) is 2. The Balaban J connectivity index is 0.000000181. The van der Waals surface area contributed by atoms with Gasteiger partial charge in [0.1, 0.15) is 11.6 Å². The van der Waals surface area contributed by atoms with Crippen LogP contribution in [0.2, 0.25) is 0 Å². The van der Waals surface area contributed by atoms with Crippen molar-refractivity contribution in [2.75, 3.05) is 50.6 Å². The Bertz CT molecular complexity index is 2420. The summed E-state index contributed by atoms with van der Waals surface area (Å²) in [6, 6.07) is 10.5. The van der Waals surface area contributed by atoms with E-state index in [4.69, 9.17) is 9.84 Å². The first-order valence-electron chi connectivity index (χ1n) is 20.0. The fourth-order valence-electron chi connectivity index (χ4n) is 8.72. The standard InChI is InChI=1S/C22H29F2N5O3.C20H21FN4O2/c1-15(7-8-18(31)25-14-30)29-17-6-4-5-16(19(17)27(3)20(29)32)28-11-21(12-28)9-10-26(2)13-22(21,23)24;1-27-19-9-17-14(12-25(24-17)16-5-3-2-4-6-16)8-18(19)23-20(26)13-7-15(21)11-22-10-13/h4-6,14-15H,7-13H2,1-3H3,(H,25,30,31);7-12,16H,2-6H2,1H3,(H,23,26). The number of ether oxygens (including phenoxy) is 1. The molecule has 3 aliphatic rings. The van der Waals surface area contributed by atoms with Crippen LogP contribution in [0.15, 0.2) is 59.8 Å². The number of pyridine rings is 1. The summed E-state index contributed by atoms with van der Waals surface area (Å²) in [7, 11) is 4.94. The normalized spacial score (nSPS) is 18.2. The number of anilines is 2. The number of para-hydroxylation sites is 1. The SMILES string of the molecule is CC(CCC(=O)NC=O)n1c(=O)n(C)c2c(N3CC4(CCN(C)CC4(F)F)C3)cccc21.COc1cc2nn(C3CCCCC3)cc2cc1NC(=O)c1cncc(F)c1. The molecule has 3 aromatic heterocycles. The largest absolute Gasteiger partial charge is 0.494 e. The third-order valence-corrected chi connectivity index (χ3v) is 12.1. The quantitative estimate of drug-likeness (QED) is 0.160. The molecule has 2 aliphatic heterocycles. The minimum atomic E-state index is -2.75. The first kappa shape index (κ1) is 41.4. The second-order valence-electron chi connectivity index (χ2n) is 16.1. The molecule has 8 rings (SSSR count). The molecule has 1 atom stereocenters. The molecule has 1 aliphatic carbocycles. The van der Waals surface area contributed by atoms with Gasteiger partial charge in [-0.15, -0.1) is 0 Å². The van der Waals surface area contributed by atoms with Gasteiger partial charge in [0.2, 0.25) is 12.3 Å². The van der Waals surface area contributed by atoms with Gasteiger partial charge in [-0.1, -0.05) is 25.3 Å². The van der Waals surface area contributed by atoms with Crippen LogP contribution in [0.1, 0.15) is 80.7 Å². The molecule has 14 nitrogen and oxygen atoms in total. The van der Waals surface area contributed by atoms with Crippen LogP contribution in [0.3, 0.4) is 0 Å². The lowest BCUT2D eigenvalue weighted by atomic mass is 9.69. The number of alkyl halides is 2. The van der Waals surface area contributed by atoms with Crippen LogP contribution in [0.5, 0.6) is 5.75 Å². The van der Waals surface area contributed by atoms with Crippen LogP contribution < -0.4 is 26.0 Å². The third kappa shape index (κ3) is 8.29. The molecule has 0 radical (unpaired) electrons. The number of imide groups is 1. The average molecular weight is 818 g/mol. The monoisotopic (exact) mass is 817 g/mol. The predicted molar refractivity (Wildman–Crippen MR) is 218 cm³/mol. The molecular weight excluding hydrogens is 768 g/mol. The van der Waals surface area contributed by atoms with Crippen molar-refractivity contribution in [2.45, 2.75) is 76.3 Å². The van der Waals surface area contributed by atoms with E-state index in [2.05, 4.69) is 15.6 Å². The Morgan fingerprint density at radius 1 is 1.07 bits per heavy atom. The van der Waals surface area contributed by atoms with Gasteiger partial charge in [0.15, 0.2) is 0 Å². The van der Waals surface area contributed by atoms with E-state index in [1.807, 2.05) is 53.0 Å². The lowest BCUT2D eigenvalue weighted by molar-refractivity contribution is -0.175. The molecule has 3 fully saturated rings. The number of rotatable bonds is 10. The van der Waals surface area contributed by atoms with E-state index in [1.165, 1.54) is 25.5 Å². The predicted octanol–water partition coefficient (Wildman–Crippen LogP) is 6.07. The zero-order valence-electron chi connectivity index (χ0n) is 33.7. The van der Waals surface area contributed by atoms with Gasteiger partial charge >= 0.3 is 5.69 Å². The fourth-order valence-corrected chi connectivity index (χ4v) is 8.72. The van der Waals surface area contributed by atoms with E-state index in [0.717, 1.165) is 41.7 Å². The molecule has 5 aromatic rings. The maximum Gasteiger partial charge on any atom is 0.329 e. The second kappa shape index (κ2) is 16.9. The summed E-state index contributed by atoms with van der Waals surface area (Å²) in [4.78, 5) is 54.9. The maximum atomic E-state index is 14.8. The fraction of sp³-hybridized carbons (Fsp3) is 0.476. The molecule has 1 saturated carbocycles. The smallest absolute Gasteiger partial charge is 0.329 e. The third-order valence-electron chi connectivity index (χ3n) is 12.1. The van der Waals surface area contributed by atoms with Crippen molar-refractivity contribution in [3.05, 3.63) is 76.9 Å². The summed E-state index contributed by atoms with van der Waals surface area (Å²) >= 11 is 0. The van der Waals surface area contributed by atoms with E-state index in [0.29, 0.717) is 54.3 Å². The Morgan fingerprint density at radius 3 is 2.53 bits per heavy atom. The lowest BCUT2D eigenvalue weighted by Crippen LogP contribution is -2.70. The van der Waals surface area contributed by atoms with Crippen LogP contribution in [0.4, 0.5) is 24.5 Å². The molecule has 59 heavy (non-hydrogen) atoms. The first-order chi connectivity index (χ1) is 28.2. The number of aryl methyl sites for hydroxylation is 1. The lowest BCUT2D eigenvalue weighted by Gasteiger charge is -2.58. The number of hydrogen-bond acceptors (Lipinski definition) is 9. The van der Waals surface area contributed by atoms with Crippen molar-refractivity contribution >= 4 is 51.5 Å². The number of fused-ring (bicyclic) bond motifs is 2. The van der Waals surface area contributed by atoms with E-state index in [-0.39, 0.29) is 43.4 Å². The summed E-state index contributed by atoms with van der Waals surface area (Å²) in [6.07, 6.45) is 11.7. The van der Waals surface area contributed by atoms with E-state index >= 15 is 0 Å². The second-order valence-corrected chi connectivity index (χ2v) is 16.1. The molecule has 314 valence electrons. The number of halogens is 3. The number of amides is 3. The van der Waals surface area contributed by atoms with Crippen molar-refractivity contribution in [1.82, 2.24) is 34.1 Å². The van der Waals surface area contributed by atoms with Crippen molar-refractivity contribution in [3.8, 4) is 5.75 Å². The number of carbonyl (C=O) groups is 3. The number of imidazole rings is 1. The van der Waals surface area contributed by atoms with Gasteiger partial charge in [0.25, 0.3) is 11.8 Å². The van der Waals surface area contributed by atoms with Gasteiger partial charge in [-0.25, -0.2) is 18.0 Å². The number of piperidine rings is 1. The molecule has 5 heterocycles. The summed E-state index contributed by atoms with van der Waals surface area (Å²) < 4.78 is 53.6. The number of nitrogens with zero attached hydrogens (tertiary/aromatic N) is 7. The van der Waals surface area contributed by atoms with E-state index < -0.39 is 29.0 Å². The van der Waals surface area contributed by atoms with Gasteiger partial charge < -0.3 is 19.9 Å². The summed E-state index contributed by atoms with van der Waals surface area (Å²) in [5.74, 6) is -3.64. The number of hydrogen-bond donors (Lipinski definition) is 2. The Kier molecular flexibility index (Phi) is 11.9. The Labute approximate surface area is 339 Å². The minimum Gasteiger partial charge on any atom is -0.494 e. The highest BCUT2D eigenvalue weighted by molar-refractivity contribution is 6.06. The first-order valence-corrected chi connectivity index (χ1v) is 20.0. The zero-order valence-corrected chi connectivity index (χ0v) is 33.7. The average Bonchev–Trinajstić information content (AvgIpc) is 3.73. The molecule has 17 heteroatoms. The summed E-state index contributed by atoms with van der Waals surface area (Å²) in [5.41, 5.74) is 2.41. The van der Waals surface area contributed by atoms with Crippen molar-refractivity contribution < 1.29 is 32.3 Å². The molecule has 2 aromatic carbocycles. The van der Waals surface area contributed by atoms with Crippen LogP contribution >= 0.6 is 0 Å². The van der Waals surface area contributed by atoms with Crippen molar-refractivity contribution in [2.24, 2.45) is 12.5 Å².